The molecule has 0 heterocycles. The van der Waals surface area contributed by atoms with Gasteiger partial charge in [0.2, 0.25) is 5.91 Å². The van der Waals surface area contributed by atoms with E-state index in [-0.39, 0.29) is 5.91 Å². The van der Waals surface area contributed by atoms with Crippen molar-refractivity contribution in [1.82, 2.24) is 0 Å². The molecule has 0 aromatic carbocycles. The minimum absolute atomic E-state index is 0.306. The summed E-state index contributed by atoms with van der Waals surface area (Å²) in [7, 11) is 0. The molecule has 2 N–H and O–H groups in total. The zero-order valence-corrected chi connectivity index (χ0v) is 8.26. The number of hydrogen-bond donors (Lipinski definition) is 1. The van der Waals surface area contributed by atoms with Crippen LogP contribution in [-0.4, -0.2) is 5.91 Å². The van der Waals surface area contributed by atoms with Gasteiger partial charge in [0.1, 0.15) is 0 Å². The van der Waals surface area contributed by atoms with Crippen LogP contribution in [0.1, 0.15) is 40.0 Å². The molecule has 0 aromatic heterocycles. The van der Waals surface area contributed by atoms with Gasteiger partial charge >= 0.3 is 0 Å². The standard InChI is InChI=1S/C10H19NO/c1-8(2)6-4-5-7-9(3)10(11)12/h7-8H,4-6H2,1-3H3,(H2,11,12)/b9-7+. The van der Waals surface area contributed by atoms with E-state index in [1.54, 1.807) is 6.92 Å². The highest BCUT2D eigenvalue weighted by Crippen LogP contribution is 2.07. The zero-order chi connectivity index (χ0) is 9.56. The van der Waals surface area contributed by atoms with Crippen molar-refractivity contribution in [3.63, 3.8) is 0 Å². The molecule has 12 heavy (non-hydrogen) atoms. The molecule has 0 saturated heterocycles. The van der Waals surface area contributed by atoms with Gasteiger partial charge in [0, 0.05) is 5.57 Å². The van der Waals surface area contributed by atoms with Crippen molar-refractivity contribution in [1.29, 1.82) is 0 Å². The molecule has 0 aromatic rings. The number of unbranched alkanes of at least 4 members (excludes halogenated alkanes) is 1. The van der Waals surface area contributed by atoms with Crippen LogP contribution in [-0.2, 0) is 4.79 Å². The van der Waals surface area contributed by atoms with E-state index in [1.807, 2.05) is 6.08 Å². The van der Waals surface area contributed by atoms with Crippen LogP contribution in [0.4, 0.5) is 0 Å². The van der Waals surface area contributed by atoms with Crippen LogP contribution in [0.5, 0.6) is 0 Å². The summed E-state index contributed by atoms with van der Waals surface area (Å²) < 4.78 is 0. The van der Waals surface area contributed by atoms with Gasteiger partial charge in [-0.05, 0) is 25.7 Å². The average molecular weight is 169 g/mol. The lowest BCUT2D eigenvalue weighted by Crippen LogP contribution is -2.11. The van der Waals surface area contributed by atoms with Crippen molar-refractivity contribution in [3.8, 4) is 0 Å². The number of primary amides is 1. The van der Waals surface area contributed by atoms with Gasteiger partial charge < -0.3 is 5.73 Å². The van der Waals surface area contributed by atoms with Gasteiger partial charge in [-0.15, -0.1) is 0 Å². The highest BCUT2D eigenvalue weighted by Gasteiger charge is 1.96. The van der Waals surface area contributed by atoms with Gasteiger partial charge in [0.25, 0.3) is 0 Å². The molecule has 0 radical (unpaired) electrons. The maximum absolute atomic E-state index is 10.6. The lowest BCUT2D eigenvalue weighted by molar-refractivity contribution is -0.114. The molecule has 0 rings (SSSR count). The van der Waals surface area contributed by atoms with E-state index in [9.17, 15) is 4.79 Å². The Morgan fingerprint density at radius 1 is 1.50 bits per heavy atom. The van der Waals surface area contributed by atoms with Gasteiger partial charge in [-0.2, -0.15) is 0 Å². The molecule has 70 valence electrons. The maximum atomic E-state index is 10.6. The second-order valence-electron chi connectivity index (χ2n) is 3.58. The molecule has 0 aliphatic rings. The van der Waals surface area contributed by atoms with Crippen molar-refractivity contribution in [2.45, 2.75) is 40.0 Å². The van der Waals surface area contributed by atoms with E-state index in [0.29, 0.717) is 5.57 Å². The SMILES string of the molecule is C/C(=C\CCCC(C)C)C(N)=O. The number of carbonyl (C=O) groups is 1. The summed E-state index contributed by atoms with van der Waals surface area (Å²) in [6.45, 7) is 6.16. The topological polar surface area (TPSA) is 43.1 Å². The van der Waals surface area contributed by atoms with E-state index in [1.165, 1.54) is 6.42 Å². The molecule has 0 fully saturated rings. The monoisotopic (exact) mass is 169 g/mol. The van der Waals surface area contributed by atoms with Crippen molar-refractivity contribution >= 4 is 5.91 Å². The number of rotatable bonds is 5. The molecule has 0 spiro atoms. The van der Waals surface area contributed by atoms with Crippen LogP contribution in [0.3, 0.4) is 0 Å². The predicted octanol–water partition coefficient (Wildman–Crippen LogP) is 2.24. The number of carbonyl (C=O) groups excluding carboxylic acids is 1. The third-order valence-electron chi connectivity index (χ3n) is 1.82. The van der Waals surface area contributed by atoms with Crippen LogP contribution in [0.25, 0.3) is 0 Å². The van der Waals surface area contributed by atoms with Crippen LogP contribution >= 0.6 is 0 Å². The summed E-state index contributed by atoms with van der Waals surface area (Å²) in [6.07, 6.45) is 5.24. The number of allylic oxidation sites excluding steroid dienone is 1. The van der Waals surface area contributed by atoms with Crippen molar-refractivity contribution in [2.75, 3.05) is 0 Å². The number of amides is 1. The molecule has 0 saturated carbocycles. The Morgan fingerprint density at radius 2 is 2.08 bits per heavy atom. The maximum Gasteiger partial charge on any atom is 0.244 e. The van der Waals surface area contributed by atoms with Crippen LogP contribution in [0.2, 0.25) is 0 Å². The Bertz CT molecular complexity index is 171. The van der Waals surface area contributed by atoms with E-state index in [0.717, 1.165) is 18.8 Å². The van der Waals surface area contributed by atoms with Crippen molar-refractivity contribution < 1.29 is 4.79 Å². The first kappa shape index (κ1) is 11.2. The summed E-state index contributed by atoms with van der Waals surface area (Å²) in [4.78, 5) is 10.6. The molecule has 2 nitrogen and oxygen atoms in total. The molecule has 0 aliphatic carbocycles. The van der Waals surface area contributed by atoms with E-state index in [4.69, 9.17) is 5.73 Å². The molecular weight excluding hydrogens is 150 g/mol. The summed E-state index contributed by atoms with van der Waals surface area (Å²) in [6, 6.07) is 0. The quantitative estimate of drug-likeness (QED) is 0.498. The van der Waals surface area contributed by atoms with Gasteiger partial charge in [-0.1, -0.05) is 26.3 Å². The minimum Gasteiger partial charge on any atom is -0.366 e. The summed E-state index contributed by atoms with van der Waals surface area (Å²) in [5.41, 5.74) is 5.75. The molecule has 1 amide bonds. The highest BCUT2D eigenvalue weighted by atomic mass is 16.1. The number of nitrogens with two attached hydrogens (primary N) is 1. The lowest BCUT2D eigenvalue weighted by atomic mass is 10.1. The van der Waals surface area contributed by atoms with Gasteiger partial charge in [0.15, 0.2) is 0 Å². The fourth-order valence-corrected chi connectivity index (χ4v) is 0.945. The molecule has 0 unspecified atom stereocenters. The zero-order valence-electron chi connectivity index (χ0n) is 8.26. The van der Waals surface area contributed by atoms with Crippen molar-refractivity contribution in [2.24, 2.45) is 11.7 Å². The van der Waals surface area contributed by atoms with Gasteiger partial charge in [-0.3, -0.25) is 4.79 Å². The molecule has 0 bridgehead atoms. The van der Waals surface area contributed by atoms with E-state index >= 15 is 0 Å². The third kappa shape index (κ3) is 5.96. The van der Waals surface area contributed by atoms with E-state index in [2.05, 4.69) is 13.8 Å². The first-order valence-electron chi connectivity index (χ1n) is 4.50. The summed E-state index contributed by atoms with van der Waals surface area (Å²) in [5, 5.41) is 0. The molecule has 2 heteroatoms. The number of hydrogen-bond acceptors (Lipinski definition) is 1. The lowest BCUT2D eigenvalue weighted by Gasteiger charge is -2.01. The van der Waals surface area contributed by atoms with Crippen LogP contribution < -0.4 is 5.73 Å². The first-order chi connectivity index (χ1) is 5.54. The minimum atomic E-state index is -0.306. The predicted molar refractivity (Wildman–Crippen MR) is 51.6 cm³/mol. The summed E-state index contributed by atoms with van der Waals surface area (Å²) in [5.74, 6) is 0.437. The Hall–Kier alpha value is -0.790. The van der Waals surface area contributed by atoms with Gasteiger partial charge in [-0.25, -0.2) is 0 Å². The third-order valence-corrected chi connectivity index (χ3v) is 1.82. The van der Waals surface area contributed by atoms with E-state index < -0.39 is 0 Å². The normalized spacial score (nSPS) is 12.2. The molecule has 0 aliphatic heterocycles. The largest absolute Gasteiger partial charge is 0.366 e. The average Bonchev–Trinajstić information content (AvgIpc) is 1.97. The molecule has 0 atom stereocenters. The smallest absolute Gasteiger partial charge is 0.244 e. The Morgan fingerprint density at radius 3 is 2.50 bits per heavy atom. The fraction of sp³-hybridized carbons (Fsp3) is 0.700. The molecular formula is C10H19NO. The first-order valence-corrected chi connectivity index (χ1v) is 4.50. The highest BCUT2D eigenvalue weighted by molar-refractivity contribution is 5.91. The van der Waals surface area contributed by atoms with Crippen molar-refractivity contribution in [3.05, 3.63) is 11.6 Å². The Labute approximate surface area is 74.8 Å². The van der Waals surface area contributed by atoms with Gasteiger partial charge in [0.05, 0.1) is 0 Å². The second kappa shape index (κ2) is 5.81. The van der Waals surface area contributed by atoms with Crippen LogP contribution in [0.15, 0.2) is 11.6 Å². The second-order valence-corrected chi connectivity index (χ2v) is 3.58. The fourth-order valence-electron chi connectivity index (χ4n) is 0.945. The Balaban J connectivity index is 3.54. The summed E-state index contributed by atoms with van der Waals surface area (Å²) >= 11 is 0. The Kier molecular flexibility index (Phi) is 5.43. The van der Waals surface area contributed by atoms with Crippen LogP contribution in [0, 0.1) is 5.92 Å².